The summed E-state index contributed by atoms with van der Waals surface area (Å²) in [4.78, 5) is 13.7. The van der Waals surface area contributed by atoms with Gasteiger partial charge < -0.3 is 10.3 Å². The summed E-state index contributed by atoms with van der Waals surface area (Å²) in [5.74, 6) is 0. The molecule has 3 heteroatoms. The van der Waals surface area contributed by atoms with Crippen molar-refractivity contribution in [1.29, 1.82) is 0 Å². The lowest BCUT2D eigenvalue weighted by molar-refractivity contribution is 1.24. The quantitative estimate of drug-likeness (QED) is 0.779. The minimum atomic E-state index is -0.0811. The van der Waals surface area contributed by atoms with Crippen LogP contribution in [0.4, 0.5) is 5.69 Å². The van der Waals surface area contributed by atoms with Crippen molar-refractivity contribution in [1.82, 2.24) is 4.98 Å². The summed E-state index contributed by atoms with van der Waals surface area (Å²) in [6, 6.07) is 11.4. The molecule has 2 rings (SSSR count). The largest absolute Gasteiger partial charge is 0.388 e. The van der Waals surface area contributed by atoms with Crippen LogP contribution in [0.1, 0.15) is 0 Å². The fourth-order valence-electron chi connectivity index (χ4n) is 1.48. The lowest BCUT2D eigenvalue weighted by atomic mass is 10.1. The van der Waals surface area contributed by atoms with Gasteiger partial charge in [0.2, 0.25) is 5.56 Å². The number of aromatic amines is 1. The Hall–Kier alpha value is -2.03. The van der Waals surface area contributed by atoms with Crippen molar-refractivity contribution < 1.29 is 0 Å². The molecule has 15 heavy (non-hydrogen) atoms. The molecule has 76 valence electrons. The monoisotopic (exact) mass is 200 g/mol. The van der Waals surface area contributed by atoms with Crippen LogP contribution in [0.5, 0.6) is 0 Å². The lowest BCUT2D eigenvalue weighted by Gasteiger charge is -2.04. The maximum Gasteiger partial charge on any atom is 0.248 e. The highest BCUT2D eigenvalue weighted by Crippen LogP contribution is 2.20. The zero-order valence-electron chi connectivity index (χ0n) is 8.45. The predicted octanol–water partition coefficient (Wildman–Crippen LogP) is 2.08. The third kappa shape index (κ3) is 2.07. The summed E-state index contributed by atoms with van der Waals surface area (Å²) in [6.45, 7) is 0. The van der Waals surface area contributed by atoms with Crippen LogP contribution in [-0.2, 0) is 0 Å². The summed E-state index contributed by atoms with van der Waals surface area (Å²) in [5, 5.41) is 3.07. The van der Waals surface area contributed by atoms with Crippen molar-refractivity contribution in [3.63, 3.8) is 0 Å². The maximum atomic E-state index is 11.1. The van der Waals surface area contributed by atoms with E-state index in [1.807, 2.05) is 37.4 Å². The van der Waals surface area contributed by atoms with E-state index in [0.29, 0.717) is 0 Å². The second kappa shape index (κ2) is 4.00. The van der Waals surface area contributed by atoms with E-state index in [1.165, 1.54) is 0 Å². The Kier molecular flexibility index (Phi) is 2.54. The van der Waals surface area contributed by atoms with Crippen molar-refractivity contribution in [3.8, 4) is 11.1 Å². The highest BCUT2D eigenvalue weighted by atomic mass is 16.1. The van der Waals surface area contributed by atoms with Gasteiger partial charge in [0.05, 0.1) is 0 Å². The zero-order valence-corrected chi connectivity index (χ0v) is 8.45. The molecule has 0 radical (unpaired) electrons. The predicted molar refractivity (Wildman–Crippen MR) is 62.0 cm³/mol. The molecule has 0 fully saturated rings. The second-order valence-electron chi connectivity index (χ2n) is 3.27. The number of aromatic nitrogens is 1. The number of pyridine rings is 1. The first-order chi connectivity index (χ1) is 7.29. The number of hydrogen-bond acceptors (Lipinski definition) is 2. The molecular weight excluding hydrogens is 188 g/mol. The van der Waals surface area contributed by atoms with Gasteiger partial charge in [-0.25, -0.2) is 0 Å². The smallest absolute Gasteiger partial charge is 0.248 e. The first-order valence-corrected chi connectivity index (χ1v) is 4.76. The van der Waals surface area contributed by atoms with Crippen molar-refractivity contribution in [2.45, 2.75) is 0 Å². The van der Waals surface area contributed by atoms with Crippen molar-refractivity contribution in [3.05, 3.63) is 52.9 Å². The molecule has 1 aromatic carbocycles. The van der Waals surface area contributed by atoms with Crippen LogP contribution in [0.3, 0.4) is 0 Å². The zero-order chi connectivity index (χ0) is 10.7. The molecule has 0 aliphatic heterocycles. The van der Waals surface area contributed by atoms with Gasteiger partial charge in [-0.2, -0.15) is 0 Å². The standard InChI is InChI=1S/C12H12N2O/c1-13-11-4-2-3-9(7-11)10-5-6-14-12(15)8-10/h2-8,13H,1H3,(H,14,15). The van der Waals surface area contributed by atoms with E-state index in [0.717, 1.165) is 16.8 Å². The van der Waals surface area contributed by atoms with Gasteiger partial charge in [-0.3, -0.25) is 4.79 Å². The minimum Gasteiger partial charge on any atom is -0.388 e. The van der Waals surface area contributed by atoms with Crippen LogP contribution in [0.25, 0.3) is 11.1 Å². The third-order valence-corrected chi connectivity index (χ3v) is 2.26. The van der Waals surface area contributed by atoms with Crippen LogP contribution in [0.15, 0.2) is 47.4 Å². The van der Waals surface area contributed by atoms with Crippen LogP contribution < -0.4 is 10.9 Å². The van der Waals surface area contributed by atoms with Crippen LogP contribution in [-0.4, -0.2) is 12.0 Å². The molecule has 0 unspecified atom stereocenters. The Morgan fingerprint density at radius 1 is 1.13 bits per heavy atom. The second-order valence-corrected chi connectivity index (χ2v) is 3.27. The van der Waals surface area contributed by atoms with E-state index in [2.05, 4.69) is 10.3 Å². The molecule has 0 atom stereocenters. The number of anilines is 1. The van der Waals surface area contributed by atoms with Gasteiger partial charge in [0.25, 0.3) is 0 Å². The van der Waals surface area contributed by atoms with E-state index < -0.39 is 0 Å². The van der Waals surface area contributed by atoms with Crippen LogP contribution in [0.2, 0.25) is 0 Å². The summed E-state index contributed by atoms with van der Waals surface area (Å²) in [7, 11) is 1.87. The third-order valence-electron chi connectivity index (χ3n) is 2.26. The lowest BCUT2D eigenvalue weighted by Crippen LogP contribution is -2.02. The van der Waals surface area contributed by atoms with Gasteiger partial charge in [-0.05, 0) is 29.3 Å². The van der Waals surface area contributed by atoms with E-state index in [4.69, 9.17) is 0 Å². The fourth-order valence-corrected chi connectivity index (χ4v) is 1.48. The Morgan fingerprint density at radius 2 is 1.93 bits per heavy atom. The number of benzene rings is 1. The molecule has 0 spiro atoms. The molecule has 2 N–H and O–H groups in total. The normalized spacial score (nSPS) is 9.93. The number of hydrogen-bond donors (Lipinski definition) is 2. The van der Waals surface area contributed by atoms with Crippen molar-refractivity contribution in [2.24, 2.45) is 0 Å². The Balaban J connectivity index is 2.49. The SMILES string of the molecule is CNc1cccc(-c2cc[nH]c(=O)c2)c1. The van der Waals surface area contributed by atoms with Crippen LogP contribution >= 0.6 is 0 Å². The number of H-pyrrole nitrogens is 1. The first-order valence-electron chi connectivity index (χ1n) is 4.76. The highest BCUT2D eigenvalue weighted by molar-refractivity contribution is 5.67. The van der Waals surface area contributed by atoms with E-state index in [-0.39, 0.29) is 5.56 Å². The molecule has 3 nitrogen and oxygen atoms in total. The summed E-state index contributed by atoms with van der Waals surface area (Å²) in [5.41, 5.74) is 2.92. The maximum absolute atomic E-state index is 11.1. The summed E-state index contributed by atoms with van der Waals surface area (Å²) >= 11 is 0. The Bertz CT molecular complexity index is 517. The average molecular weight is 200 g/mol. The number of rotatable bonds is 2. The van der Waals surface area contributed by atoms with Crippen molar-refractivity contribution in [2.75, 3.05) is 12.4 Å². The summed E-state index contributed by atoms with van der Waals surface area (Å²) in [6.07, 6.45) is 1.66. The van der Waals surface area contributed by atoms with E-state index in [9.17, 15) is 4.79 Å². The molecule has 0 aliphatic rings. The Labute approximate surface area is 87.8 Å². The molecular formula is C12H12N2O. The van der Waals surface area contributed by atoms with Gasteiger partial charge in [-0.15, -0.1) is 0 Å². The average Bonchev–Trinajstić information content (AvgIpc) is 2.29. The topological polar surface area (TPSA) is 44.9 Å². The van der Waals surface area contributed by atoms with Gasteiger partial charge >= 0.3 is 0 Å². The molecule has 1 heterocycles. The van der Waals surface area contributed by atoms with Gasteiger partial charge in [0, 0.05) is 25.0 Å². The van der Waals surface area contributed by atoms with Gasteiger partial charge in [-0.1, -0.05) is 12.1 Å². The first kappa shape index (κ1) is 9.52. The molecule has 1 aromatic heterocycles. The number of nitrogens with one attached hydrogen (secondary N) is 2. The molecule has 0 amide bonds. The fraction of sp³-hybridized carbons (Fsp3) is 0.0833. The molecule has 0 aliphatic carbocycles. The molecule has 0 bridgehead atoms. The molecule has 2 aromatic rings. The van der Waals surface area contributed by atoms with E-state index in [1.54, 1.807) is 12.3 Å². The van der Waals surface area contributed by atoms with Crippen molar-refractivity contribution >= 4 is 5.69 Å². The van der Waals surface area contributed by atoms with Gasteiger partial charge in [0.15, 0.2) is 0 Å². The Morgan fingerprint density at radius 3 is 2.67 bits per heavy atom. The van der Waals surface area contributed by atoms with Gasteiger partial charge in [0.1, 0.15) is 0 Å². The highest BCUT2D eigenvalue weighted by Gasteiger charge is 1.98. The minimum absolute atomic E-state index is 0.0811. The molecule has 0 saturated heterocycles. The van der Waals surface area contributed by atoms with Crippen LogP contribution in [0, 0.1) is 0 Å². The van der Waals surface area contributed by atoms with E-state index >= 15 is 0 Å². The molecule has 0 saturated carbocycles. The summed E-state index contributed by atoms with van der Waals surface area (Å²) < 4.78 is 0.